The van der Waals surface area contributed by atoms with Crippen LogP contribution in [-0.2, 0) is 4.79 Å². The minimum Gasteiger partial charge on any atom is -0.374 e. The molecule has 1 aromatic heterocycles. The van der Waals surface area contributed by atoms with Crippen molar-refractivity contribution in [3.63, 3.8) is 0 Å². The molecule has 1 amide bonds. The maximum absolute atomic E-state index is 12.0. The summed E-state index contributed by atoms with van der Waals surface area (Å²) in [4.78, 5) is 14.3. The van der Waals surface area contributed by atoms with E-state index in [1.807, 2.05) is 24.3 Å². The van der Waals surface area contributed by atoms with Gasteiger partial charge in [0.05, 0.1) is 5.75 Å². The van der Waals surface area contributed by atoms with Crippen molar-refractivity contribution < 1.29 is 4.79 Å². The second kappa shape index (κ2) is 8.16. The van der Waals surface area contributed by atoms with Crippen LogP contribution < -0.4 is 16.0 Å². The second-order valence-corrected chi connectivity index (χ2v) is 7.40. The molecule has 0 unspecified atom stereocenters. The molecule has 6 nitrogen and oxygen atoms in total. The minimum absolute atomic E-state index is 0.0762. The van der Waals surface area contributed by atoms with Gasteiger partial charge in [-0.1, -0.05) is 23.1 Å². The Hall–Kier alpha value is -1.80. The fourth-order valence-corrected chi connectivity index (χ4v) is 3.62. The van der Waals surface area contributed by atoms with Crippen molar-refractivity contribution in [2.24, 2.45) is 0 Å². The molecule has 0 saturated heterocycles. The first-order valence-electron chi connectivity index (χ1n) is 7.38. The number of carbonyl (C=O) groups excluding carboxylic acids is 1. The Labute approximate surface area is 144 Å². The van der Waals surface area contributed by atoms with Gasteiger partial charge in [0.1, 0.15) is 0 Å². The third-order valence-corrected chi connectivity index (χ3v) is 5.08. The summed E-state index contributed by atoms with van der Waals surface area (Å²) in [5.74, 6) is 0.205. The highest BCUT2D eigenvalue weighted by Gasteiger charge is 2.10. The highest BCUT2D eigenvalue weighted by molar-refractivity contribution is 8.01. The second-order valence-electron chi connectivity index (χ2n) is 5.17. The van der Waals surface area contributed by atoms with Crippen LogP contribution in [0.1, 0.15) is 20.8 Å². The van der Waals surface area contributed by atoms with Crippen molar-refractivity contribution >= 4 is 45.5 Å². The Kier molecular flexibility index (Phi) is 6.23. The summed E-state index contributed by atoms with van der Waals surface area (Å²) in [6.07, 6.45) is 0. The quantitative estimate of drug-likeness (QED) is 0.746. The molecular formula is C15H21N5OS2. The van der Waals surface area contributed by atoms with Crippen molar-refractivity contribution in [3.8, 4) is 0 Å². The van der Waals surface area contributed by atoms with Gasteiger partial charge in [-0.05, 0) is 45.0 Å². The summed E-state index contributed by atoms with van der Waals surface area (Å²) < 4.78 is 0.698. The molecule has 0 radical (unpaired) electrons. The van der Waals surface area contributed by atoms with Crippen LogP contribution >= 0.6 is 23.1 Å². The highest BCUT2D eigenvalue weighted by Crippen LogP contribution is 2.24. The molecule has 0 aliphatic carbocycles. The normalized spacial score (nSPS) is 10.8. The molecule has 2 aromatic rings. The van der Waals surface area contributed by atoms with Crippen molar-refractivity contribution in [2.45, 2.75) is 31.2 Å². The molecule has 0 bridgehead atoms. The standard InChI is InChI=1S/C15H21N5OS2/c1-4-20(10(2)3)12-7-5-11(6-8-12)17-13(21)9-22-15-19-18-14(16)23-15/h5-8,10H,4,9H2,1-3H3,(H2,16,18)(H,17,21). The van der Waals surface area contributed by atoms with Gasteiger partial charge in [0.2, 0.25) is 11.0 Å². The van der Waals surface area contributed by atoms with E-state index in [0.717, 1.165) is 17.9 Å². The Morgan fingerprint density at radius 2 is 2.04 bits per heavy atom. The summed E-state index contributed by atoms with van der Waals surface area (Å²) in [5, 5.41) is 10.9. The van der Waals surface area contributed by atoms with Crippen LogP contribution in [0.25, 0.3) is 0 Å². The van der Waals surface area contributed by atoms with Gasteiger partial charge in [0, 0.05) is 24.0 Å². The van der Waals surface area contributed by atoms with Gasteiger partial charge in [-0.2, -0.15) is 0 Å². The fourth-order valence-electron chi connectivity index (χ4n) is 2.19. The highest BCUT2D eigenvalue weighted by atomic mass is 32.2. The fraction of sp³-hybridized carbons (Fsp3) is 0.400. The number of nitrogens with one attached hydrogen (secondary N) is 1. The Morgan fingerprint density at radius 3 is 2.57 bits per heavy atom. The maximum Gasteiger partial charge on any atom is 0.234 e. The zero-order valence-electron chi connectivity index (χ0n) is 13.4. The lowest BCUT2D eigenvalue weighted by molar-refractivity contribution is -0.113. The number of hydrogen-bond acceptors (Lipinski definition) is 7. The van der Waals surface area contributed by atoms with Crippen LogP contribution in [0, 0.1) is 0 Å². The van der Waals surface area contributed by atoms with E-state index in [1.54, 1.807) is 0 Å². The van der Waals surface area contributed by atoms with Crippen LogP contribution in [0.5, 0.6) is 0 Å². The Balaban J connectivity index is 1.88. The van der Waals surface area contributed by atoms with E-state index in [4.69, 9.17) is 5.73 Å². The summed E-state index contributed by atoms with van der Waals surface area (Å²) >= 11 is 2.61. The van der Waals surface area contributed by atoms with Gasteiger partial charge in [0.25, 0.3) is 0 Å². The van der Waals surface area contributed by atoms with E-state index in [1.165, 1.54) is 23.1 Å². The molecular weight excluding hydrogens is 330 g/mol. The number of nitrogens with zero attached hydrogens (tertiary/aromatic N) is 3. The molecule has 1 aromatic carbocycles. The number of nitrogen functional groups attached to an aromatic ring is 1. The number of anilines is 3. The van der Waals surface area contributed by atoms with Crippen molar-refractivity contribution in [2.75, 3.05) is 28.2 Å². The number of nitrogens with two attached hydrogens (primary N) is 1. The molecule has 124 valence electrons. The Bertz CT molecular complexity index is 642. The Morgan fingerprint density at radius 1 is 1.35 bits per heavy atom. The zero-order chi connectivity index (χ0) is 16.8. The molecule has 0 saturated carbocycles. The van der Waals surface area contributed by atoms with E-state index < -0.39 is 0 Å². The number of carbonyl (C=O) groups is 1. The average molecular weight is 352 g/mol. The van der Waals surface area contributed by atoms with Crippen LogP contribution in [0.3, 0.4) is 0 Å². The summed E-state index contributed by atoms with van der Waals surface area (Å²) in [6.45, 7) is 7.41. The third kappa shape index (κ3) is 5.11. The number of benzene rings is 1. The van der Waals surface area contributed by atoms with E-state index >= 15 is 0 Å². The number of hydrogen-bond donors (Lipinski definition) is 2. The smallest absolute Gasteiger partial charge is 0.234 e. The van der Waals surface area contributed by atoms with Gasteiger partial charge in [-0.15, -0.1) is 10.2 Å². The van der Waals surface area contributed by atoms with Crippen LogP contribution in [-0.4, -0.2) is 34.4 Å². The largest absolute Gasteiger partial charge is 0.374 e. The summed E-state index contributed by atoms with van der Waals surface area (Å²) in [7, 11) is 0. The van der Waals surface area contributed by atoms with Crippen LogP contribution in [0.4, 0.5) is 16.5 Å². The SMILES string of the molecule is CCN(c1ccc(NC(=O)CSc2nnc(N)s2)cc1)C(C)C. The molecule has 2 rings (SSSR count). The zero-order valence-corrected chi connectivity index (χ0v) is 15.1. The summed E-state index contributed by atoms with van der Waals surface area (Å²) in [5.41, 5.74) is 7.45. The first-order chi connectivity index (χ1) is 11.0. The molecule has 0 atom stereocenters. The van der Waals surface area contributed by atoms with Gasteiger partial charge >= 0.3 is 0 Å². The molecule has 8 heteroatoms. The van der Waals surface area contributed by atoms with E-state index in [2.05, 4.69) is 41.2 Å². The molecule has 1 heterocycles. The predicted molar refractivity (Wildman–Crippen MR) is 98.3 cm³/mol. The molecule has 3 N–H and O–H groups in total. The van der Waals surface area contributed by atoms with E-state index in [9.17, 15) is 4.79 Å². The van der Waals surface area contributed by atoms with Crippen molar-refractivity contribution in [1.29, 1.82) is 0 Å². The monoisotopic (exact) mass is 351 g/mol. The third-order valence-electron chi connectivity index (χ3n) is 3.20. The lowest BCUT2D eigenvalue weighted by Gasteiger charge is -2.27. The number of rotatable bonds is 7. The van der Waals surface area contributed by atoms with E-state index in [0.29, 0.717) is 15.5 Å². The number of aromatic nitrogens is 2. The van der Waals surface area contributed by atoms with Crippen molar-refractivity contribution in [1.82, 2.24) is 10.2 Å². The molecule has 0 spiro atoms. The van der Waals surface area contributed by atoms with Gasteiger partial charge in [-0.3, -0.25) is 4.79 Å². The van der Waals surface area contributed by atoms with Crippen LogP contribution in [0.2, 0.25) is 0 Å². The minimum atomic E-state index is -0.0762. The number of thioether (sulfide) groups is 1. The van der Waals surface area contributed by atoms with Gasteiger partial charge < -0.3 is 16.0 Å². The first-order valence-corrected chi connectivity index (χ1v) is 9.18. The maximum atomic E-state index is 12.0. The molecule has 23 heavy (non-hydrogen) atoms. The lowest BCUT2D eigenvalue weighted by Crippen LogP contribution is -2.30. The van der Waals surface area contributed by atoms with Gasteiger partial charge in [-0.25, -0.2) is 0 Å². The predicted octanol–water partition coefficient (Wildman–Crippen LogP) is 3.09. The molecule has 0 aliphatic rings. The van der Waals surface area contributed by atoms with Crippen molar-refractivity contribution in [3.05, 3.63) is 24.3 Å². The lowest BCUT2D eigenvalue weighted by atomic mass is 10.2. The molecule has 0 fully saturated rings. The summed E-state index contributed by atoms with van der Waals surface area (Å²) in [6, 6.07) is 8.34. The van der Waals surface area contributed by atoms with Crippen LogP contribution in [0.15, 0.2) is 28.6 Å². The van der Waals surface area contributed by atoms with E-state index in [-0.39, 0.29) is 11.7 Å². The average Bonchev–Trinajstić information content (AvgIpc) is 2.93. The topological polar surface area (TPSA) is 84.1 Å². The number of amides is 1. The first kappa shape index (κ1) is 17.6. The molecule has 0 aliphatic heterocycles. The van der Waals surface area contributed by atoms with Gasteiger partial charge in [0.15, 0.2) is 4.34 Å².